The van der Waals surface area contributed by atoms with Gasteiger partial charge >= 0.3 is 0 Å². The smallest absolute Gasteiger partial charge is 0.193 e. The number of ether oxygens (including phenoxy) is 3. The first-order valence-electron chi connectivity index (χ1n) is 10.6. The SMILES string of the molecule is CN=C(NCCCOCC1CCOC1)N1CCC(COCc2ccccc2)C1.I. The molecule has 2 fully saturated rings. The first-order valence-corrected chi connectivity index (χ1v) is 10.6. The second-order valence-electron chi connectivity index (χ2n) is 7.73. The van der Waals surface area contributed by atoms with Crippen molar-refractivity contribution in [3.63, 3.8) is 0 Å². The highest BCUT2D eigenvalue weighted by atomic mass is 127. The molecule has 7 heteroatoms. The maximum absolute atomic E-state index is 5.92. The topological polar surface area (TPSA) is 55.3 Å². The molecule has 0 amide bonds. The molecular weight excluding hydrogens is 481 g/mol. The molecule has 0 aromatic heterocycles. The number of likely N-dealkylation sites (tertiary alicyclic amines) is 1. The zero-order valence-corrected chi connectivity index (χ0v) is 19.9. The molecule has 29 heavy (non-hydrogen) atoms. The molecule has 0 spiro atoms. The highest BCUT2D eigenvalue weighted by Gasteiger charge is 2.24. The van der Waals surface area contributed by atoms with Crippen LogP contribution in [0.5, 0.6) is 0 Å². The summed E-state index contributed by atoms with van der Waals surface area (Å²) in [6, 6.07) is 10.4. The van der Waals surface area contributed by atoms with Crippen LogP contribution in [-0.4, -0.2) is 70.6 Å². The first-order chi connectivity index (χ1) is 13.8. The van der Waals surface area contributed by atoms with Gasteiger partial charge in [-0.05, 0) is 24.8 Å². The highest BCUT2D eigenvalue weighted by molar-refractivity contribution is 14.0. The van der Waals surface area contributed by atoms with Gasteiger partial charge in [-0.2, -0.15) is 0 Å². The zero-order chi connectivity index (χ0) is 19.4. The number of guanidine groups is 1. The predicted octanol–water partition coefficient (Wildman–Crippen LogP) is 3.16. The zero-order valence-electron chi connectivity index (χ0n) is 17.6. The summed E-state index contributed by atoms with van der Waals surface area (Å²) < 4.78 is 17.1. The van der Waals surface area contributed by atoms with Crippen LogP contribution in [0.3, 0.4) is 0 Å². The molecule has 2 aliphatic rings. The molecule has 2 saturated heterocycles. The van der Waals surface area contributed by atoms with Crippen LogP contribution in [0.2, 0.25) is 0 Å². The van der Waals surface area contributed by atoms with Crippen molar-refractivity contribution < 1.29 is 14.2 Å². The minimum absolute atomic E-state index is 0. The van der Waals surface area contributed by atoms with Crippen LogP contribution < -0.4 is 5.32 Å². The van der Waals surface area contributed by atoms with E-state index in [2.05, 4.69) is 39.5 Å². The second kappa shape index (κ2) is 14.2. The van der Waals surface area contributed by atoms with Crippen LogP contribution in [0.4, 0.5) is 0 Å². The molecule has 1 N–H and O–H groups in total. The fourth-order valence-electron chi connectivity index (χ4n) is 3.75. The van der Waals surface area contributed by atoms with Crippen molar-refractivity contribution in [2.75, 3.05) is 59.7 Å². The number of aliphatic imine (C=N–C) groups is 1. The van der Waals surface area contributed by atoms with E-state index >= 15 is 0 Å². The fourth-order valence-corrected chi connectivity index (χ4v) is 3.75. The Morgan fingerprint density at radius 3 is 2.76 bits per heavy atom. The minimum atomic E-state index is 0. The first kappa shape index (κ1) is 24.4. The second-order valence-corrected chi connectivity index (χ2v) is 7.73. The number of benzene rings is 1. The molecular formula is C22H36IN3O3. The summed E-state index contributed by atoms with van der Waals surface area (Å²) in [6.45, 7) is 7.79. The number of nitrogens with zero attached hydrogens (tertiary/aromatic N) is 2. The monoisotopic (exact) mass is 517 g/mol. The summed E-state index contributed by atoms with van der Waals surface area (Å²) in [6.07, 6.45) is 3.28. The Labute approximate surface area is 192 Å². The van der Waals surface area contributed by atoms with Gasteiger partial charge in [0.15, 0.2) is 5.96 Å². The molecule has 2 atom stereocenters. The Balaban J connectivity index is 0.00000300. The van der Waals surface area contributed by atoms with Gasteiger partial charge in [0.2, 0.25) is 0 Å². The van der Waals surface area contributed by atoms with Gasteiger partial charge in [-0.3, -0.25) is 4.99 Å². The Morgan fingerprint density at radius 2 is 2.00 bits per heavy atom. The maximum atomic E-state index is 5.92. The summed E-state index contributed by atoms with van der Waals surface area (Å²) in [5, 5.41) is 3.47. The summed E-state index contributed by atoms with van der Waals surface area (Å²) >= 11 is 0. The third-order valence-electron chi connectivity index (χ3n) is 5.39. The van der Waals surface area contributed by atoms with E-state index < -0.39 is 0 Å². The third-order valence-corrected chi connectivity index (χ3v) is 5.39. The lowest BCUT2D eigenvalue weighted by molar-refractivity contribution is 0.0885. The van der Waals surface area contributed by atoms with Crippen molar-refractivity contribution in [3.8, 4) is 0 Å². The van der Waals surface area contributed by atoms with Crippen LogP contribution in [0.25, 0.3) is 0 Å². The number of hydrogen-bond donors (Lipinski definition) is 1. The van der Waals surface area contributed by atoms with E-state index in [-0.39, 0.29) is 24.0 Å². The van der Waals surface area contributed by atoms with E-state index in [1.54, 1.807) is 0 Å². The largest absolute Gasteiger partial charge is 0.381 e. The molecule has 6 nitrogen and oxygen atoms in total. The molecule has 1 aromatic rings. The molecule has 1 aromatic carbocycles. The van der Waals surface area contributed by atoms with Gasteiger partial charge in [-0.15, -0.1) is 24.0 Å². The molecule has 0 saturated carbocycles. The van der Waals surface area contributed by atoms with E-state index in [9.17, 15) is 0 Å². The molecule has 0 radical (unpaired) electrons. The number of hydrogen-bond acceptors (Lipinski definition) is 4. The Kier molecular flexibility index (Phi) is 11.9. The van der Waals surface area contributed by atoms with Crippen molar-refractivity contribution in [3.05, 3.63) is 35.9 Å². The molecule has 2 unspecified atom stereocenters. The molecule has 0 bridgehead atoms. The van der Waals surface area contributed by atoms with Gasteiger partial charge in [0, 0.05) is 51.7 Å². The van der Waals surface area contributed by atoms with Crippen molar-refractivity contribution >= 4 is 29.9 Å². The van der Waals surface area contributed by atoms with Crippen LogP contribution in [0.15, 0.2) is 35.3 Å². The molecule has 3 rings (SSSR count). The standard InChI is InChI=1S/C22H35N3O3.HI/c1-23-22(24-10-5-12-26-17-21-9-13-27-18-21)25-11-8-20(14-25)16-28-15-19-6-3-2-4-7-19;/h2-4,6-7,20-21H,5,8-18H2,1H3,(H,23,24);1H. The number of halogens is 1. The Morgan fingerprint density at radius 1 is 1.17 bits per heavy atom. The molecule has 0 aliphatic carbocycles. The average Bonchev–Trinajstić information content (AvgIpc) is 3.41. The van der Waals surface area contributed by atoms with Gasteiger partial charge in [-0.25, -0.2) is 0 Å². The van der Waals surface area contributed by atoms with Crippen molar-refractivity contribution in [2.45, 2.75) is 25.9 Å². The van der Waals surface area contributed by atoms with Gasteiger partial charge in [0.05, 0.1) is 26.4 Å². The number of nitrogens with one attached hydrogen (secondary N) is 1. The molecule has 2 aliphatic heterocycles. The molecule has 164 valence electrons. The highest BCUT2D eigenvalue weighted by Crippen LogP contribution is 2.17. The summed E-state index contributed by atoms with van der Waals surface area (Å²) in [5.41, 5.74) is 1.23. The Hall–Kier alpha value is -0.900. The van der Waals surface area contributed by atoms with E-state index in [0.29, 0.717) is 18.4 Å². The van der Waals surface area contributed by atoms with Crippen LogP contribution in [0.1, 0.15) is 24.8 Å². The average molecular weight is 517 g/mol. The predicted molar refractivity (Wildman–Crippen MR) is 127 cm³/mol. The Bertz CT molecular complexity index is 582. The van der Waals surface area contributed by atoms with E-state index in [1.807, 2.05) is 13.1 Å². The van der Waals surface area contributed by atoms with Gasteiger partial charge in [-0.1, -0.05) is 30.3 Å². The maximum Gasteiger partial charge on any atom is 0.193 e. The summed E-state index contributed by atoms with van der Waals surface area (Å²) in [7, 11) is 1.86. The molecule has 2 heterocycles. The van der Waals surface area contributed by atoms with E-state index in [1.165, 1.54) is 5.56 Å². The van der Waals surface area contributed by atoms with E-state index in [4.69, 9.17) is 14.2 Å². The van der Waals surface area contributed by atoms with Crippen LogP contribution in [0, 0.1) is 11.8 Å². The normalized spacial score (nSPS) is 22.0. The quantitative estimate of drug-likeness (QED) is 0.224. The van der Waals surface area contributed by atoms with Crippen LogP contribution >= 0.6 is 24.0 Å². The van der Waals surface area contributed by atoms with Crippen molar-refractivity contribution in [2.24, 2.45) is 16.8 Å². The van der Waals surface area contributed by atoms with Gasteiger partial charge < -0.3 is 24.4 Å². The number of rotatable bonds is 10. The lowest BCUT2D eigenvalue weighted by Gasteiger charge is -2.22. The van der Waals surface area contributed by atoms with Gasteiger partial charge in [0.25, 0.3) is 0 Å². The lowest BCUT2D eigenvalue weighted by atomic mass is 10.1. The fraction of sp³-hybridized carbons (Fsp3) is 0.682. The van der Waals surface area contributed by atoms with Crippen LogP contribution in [-0.2, 0) is 20.8 Å². The lowest BCUT2D eigenvalue weighted by Crippen LogP contribution is -2.40. The van der Waals surface area contributed by atoms with Crippen molar-refractivity contribution in [1.82, 2.24) is 10.2 Å². The third kappa shape index (κ3) is 8.78. The minimum Gasteiger partial charge on any atom is -0.381 e. The summed E-state index contributed by atoms with van der Waals surface area (Å²) in [5.74, 6) is 2.15. The van der Waals surface area contributed by atoms with E-state index in [0.717, 1.165) is 77.9 Å². The summed E-state index contributed by atoms with van der Waals surface area (Å²) in [4.78, 5) is 6.79. The van der Waals surface area contributed by atoms with Gasteiger partial charge in [0.1, 0.15) is 0 Å². The van der Waals surface area contributed by atoms with Crippen molar-refractivity contribution in [1.29, 1.82) is 0 Å².